The summed E-state index contributed by atoms with van der Waals surface area (Å²) in [6, 6.07) is 11.7. The Morgan fingerprint density at radius 3 is 2.70 bits per heavy atom. The summed E-state index contributed by atoms with van der Waals surface area (Å²) in [6.07, 6.45) is 1.16. The van der Waals surface area contributed by atoms with Crippen molar-refractivity contribution in [3.63, 3.8) is 0 Å². The van der Waals surface area contributed by atoms with Crippen LogP contribution in [0.2, 0.25) is 5.15 Å². The van der Waals surface area contributed by atoms with Crippen molar-refractivity contribution in [3.05, 3.63) is 69.7 Å². The summed E-state index contributed by atoms with van der Waals surface area (Å²) in [5, 5.41) is 1.03. The molecule has 0 radical (unpaired) electrons. The summed E-state index contributed by atoms with van der Waals surface area (Å²) in [5.41, 5.74) is 0.695. The van der Waals surface area contributed by atoms with Gasteiger partial charge in [-0.1, -0.05) is 29.8 Å². The molecule has 0 unspecified atom stereocenters. The summed E-state index contributed by atoms with van der Waals surface area (Å²) in [7, 11) is -3.77. The lowest BCUT2D eigenvalue weighted by molar-refractivity contribution is 0.580. The molecule has 8 heteroatoms. The smallest absolute Gasteiger partial charge is 0.252 e. The van der Waals surface area contributed by atoms with E-state index in [9.17, 15) is 13.2 Å². The highest BCUT2D eigenvalue weighted by molar-refractivity contribution is 7.89. The molecule has 3 aromatic rings. The lowest BCUT2D eigenvalue weighted by atomic mass is 10.1. The van der Waals surface area contributed by atoms with Crippen LogP contribution in [0.3, 0.4) is 0 Å². The number of benzene rings is 1. The molecule has 1 aromatic carbocycles. The largest absolute Gasteiger partial charge is 0.322 e. The minimum Gasteiger partial charge on any atom is -0.322 e. The van der Waals surface area contributed by atoms with E-state index in [1.54, 1.807) is 12.1 Å². The molecule has 0 atom stereocenters. The van der Waals surface area contributed by atoms with Gasteiger partial charge in [-0.15, -0.1) is 0 Å². The van der Waals surface area contributed by atoms with Crippen LogP contribution < -0.4 is 10.3 Å². The Morgan fingerprint density at radius 1 is 1.17 bits per heavy atom. The Hall–Kier alpha value is -2.22. The van der Waals surface area contributed by atoms with Crippen LogP contribution in [0.1, 0.15) is 5.56 Å². The number of hydrogen-bond acceptors (Lipinski definition) is 4. The first-order chi connectivity index (χ1) is 11.0. The molecule has 0 aliphatic heterocycles. The number of para-hydroxylation sites is 1. The number of pyridine rings is 2. The quantitative estimate of drug-likeness (QED) is 0.705. The maximum atomic E-state index is 12.2. The highest BCUT2D eigenvalue weighted by Crippen LogP contribution is 2.13. The van der Waals surface area contributed by atoms with Crippen molar-refractivity contribution in [3.8, 4) is 0 Å². The van der Waals surface area contributed by atoms with Gasteiger partial charge < -0.3 is 4.98 Å². The van der Waals surface area contributed by atoms with Gasteiger partial charge in [0.05, 0.1) is 0 Å². The number of hydrogen-bond donors (Lipinski definition) is 2. The summed E-state index contributed by atoms with van der Waals surface area (Å²) >= 11 is 5.64. The van der Waals surface area contributed by atoms with E-state index in [0.717, 1.165) is 11.6 Å². The minimum absolute atomic E-state index is 0.0147. The van der Waals surface area contributed by atoms with Crippen molar-refractivity contribution in [1.29, 1.82) is 0 Å². The van der Waals surface area contributed by atoms with Crippen LogP contribution in [-0.2, 0) is 16.6 Å². The Balaban J connectivity index is 1.86. The van der Waals surface area contributed by atoms with E-state index < -0.39 is 10.0 Å². The summed E-state index contributed by atoms with van der Waals surface area (Å²) in [6.45, 7) is -0.120. The highest BCUT2D eigenvalue weighted by Gasteiger charge is 2.15. The molecule has 0 amide bonds. The first-order valence-corrected chi connectivity index (χ1v) is 8.54. The topological polar surface area (TPSA) is 91.9 Å². The molecule has 0 spiro atoms. The second kappa shape index (κ2) is 6.11. The molecule has 118 valence electrons. The van der Waals surface area contributed by atoms with Gasteiger partial charge in [-0.2, -0.15) is 0 Å². The molecule has 0 saturated carbocycles. The Morgan fingerprint density at radius 2 is 1.96 bits per heavy atom. The molecule has 2 heterocycles. The third kappa shape index (κ3) is 3.42. The maximum absolute atomic E-state index is 12.2. The first kappa shape index (κ1) is 15.7. The van der Waals surface area contributed by atoms with Gasteiger partial charge in [0.25, 0.3) is 5.56 Å². The van der Waals surface area contributed by atoms with Crippen molar-refractivity contribution in [2.24, 2.45) is 0 Å². The van der Waals surface area contributed by atoms with Gasteiger partial charge in [0.15, 0.2) is 0 Å². The average Bonchev–Trinajstić information content (AvgIpc) is 2.53. The van der Waals surface area contributed by atoms with E-state index >= 15 is 0 Å². The fraction of sp³-hybridized carbons (Fsp3) is 0.0667. The normalized spacial score (nSPS) is 11.7. The van der Waals surface area contributed by atoms with E-state index in [0.29, 0.717) is 11.1 Å². The third-order valence-electron chi connectivity index (χ3n) is 3.29. The van der Waals surface area contributed by atoms with E-state index in [1.807, 2.05) is 18.2 Å². The number of H-pyrrole nitrogens is 1. The SMILES string of the molecule is O=c1[nH]c2ccccc2cc1CNS(=O)(=O)c1ccc(Cl)nc1. The van der Waals surface area contributed by atoms with Gasteiger partial charge in [0.1, 0.15) is 10.0 Å². The number of nitrogens with one attached hydrogen (secondary N) is 2. The number of nitrogens with zero attached hydrogens (tertiary/aromatic N) is 1. The second-order valence-corrected chi connectivity index (χ2v) is 7.01. The molecule has 23 heavy (non-hydrogen) atoms. The molecule has 2 aromatic heterocycles. The molecule has 0 saturated heterocycles. The van der Waals surface area contributed by atoms with E-state index in [2.05, 4.69) is 14.7 Å². The molecule has 0 aliphatic carbocycles. The van der Waals surface area contributed by atoms with Crippen LogP contribution in [0.5, 0.6) is 0 Å². The zero-order valence-electron chi connectivity index (χ0n) is 11.8. The Labute approximate surface area is 137 Å². The lowest BCUT2D eigenvalue weighted by Crippen LogP contribution is -2.27. The van der Waals surface area contributed by atoms with Gasteiger partial charge in [-0.25, -0.2) is 18.1 Å². The molecule has 3 rings (SSSR count). The molecule has 6 nitrogen and oxygen atoms in total. The van der Waals surface area contributed by atoms with Crippen LogP contribution in [0, 0.1) is 0 Å². The van der Waals surface area contributed by atoms with Crippen molar-refractivity contribution in [2.75, 3.05) is 0 Å². The summed E-state index contributed by atoms with van der Waals surface area (Å²) in [5.74, 6) is 0. The monoisotopic (exact) mass is 349 g/mol. The molecule has 0 bridgehead atoms. The van der Waals surface area contributed by atoms with Crippen molar-refractivity contribution in [1.82, 2.24) is 14.7 Å². The molecule has 2 N–H and O–H groups in total. The van der Waals surface area contributed by atoms with Crippen LogP contribution in [0.4, 0.5) is 0 Å². The van der Waals surface area contributed by atoms with E-state index in [1.165, 1.54) is 12.1 Å². The van der Waals surface area contributed by atoms with Crippen molar-refractivity contribution < 1.29 is 8.42 Å². The van der Waals surface area contributed by atoms with E-state index in [-0.39, 0.29) is 22.2 Å². The maximum Gasteiger partial charge on any atom is 0.252 e. The molecule has 0 aliphatic rings. The predicted molar refractivity (Wildman–Crippen MR) is 87.8 cm³/mol. The highest BCUT2D eigenvalue weighted by atomic mass is 35.5. The standard InChI is InChI=1S/C15H12ClN3O3S/c16-14-6-5-12(9-17-14)23(21,22)18-8-11-7-10-3-1-2-4-13(10)19-15(11)20/h1-7,9,18H,8H2,(H,19,20). The van der Waals surface area contributed by atoms with E-state index in [4.69, 9.17) is 11.6 Å². The number of aromatic nitrogens is 2. The molecule has 0 fully saturated rings. The number of sulfonamides is 1. The Bertz CT molecular complexity index is 1010. The number of aromatic amines is 1. The predicted octanol–water partition coefficient (Wildman–Crippen LogP) is 2.05. The van der Waals surface area contributed by atoms with Crippen LogP contribution in [0.25, 0.3) is 10.9 Å². The first-order valence-electron chi connectivity index (χ1n) is 6.68. The van der Waals surface area contributed by atoms with Gasteiger partial charge in [0, 0.05) is 23.8 Å². The fourth-order valence-corrected chi connectivity index (χ4v) is 3.16. The van der Waals surface area contributed by atoms with Gasteiger partial charge in [0.2, 0.25) is 10.0 Å². The zero-order valence-corrected chi connectivity index (χ0v) is 13.4. The Kier molecular flexibility index (Phi) is 4.16. The van der Waals surface area contributed by atoms with Gasteiger partial charge >= 0.3 is 0 Å². The summed E-state index contributed by atoms with van der Waals surface area (Å²) in [4.78, 5) is 18.5. The van der Waals surface area contributed by atoms with Gasteiger partial charge in [-0.05, 0) is 29.7 Å². The molecular weight excluding hydrogens is 338 g/mol. The second-order valence-electron chi connectivity index (χ2n) is 4.85. The number of rotatable bonds is 4. The van der Waals surface area contributed by atoms with Crippen molar-refractivity contribution >= 4 is 32.5 Å². The average molecular weight is 350 g/mol. The van der Waals surface area contributed by atoms with Gasteiger partial charge in [-0.3, -0.25) is 4.79 Å². The minimum atomic E-state index is -3.77. The fourth-order valence-electron chi connectivity index (χ4n) is 2.10. The van der Waals surface area contributed by atoms with Crippen molar-refractivity contribution in [2.45, 2.75) is 11.4 Å². The van der Waals surface area contributed by atoms with Crippen LogP contribution >= 0.6 is 11.6 Å². The number of fused-ring (bicyclic) bond motifs is 1. The number of halogens is 1. The third-order valence-corrected chi connectivity index (χ3v) is 4.90. The summed E-state index contributed by atoms with van der Waals surface area (Å²) < 4.78 is 26.8. The zero-order chi connectivity index (χ0) is 16.4. The molecular formula is C15H12ClN3O3S. The van der Waals surface area contributed by atoms with Crippen LogP contribution in [0.15, 0.2) is 58.4 Å². The van der Waals surface area contributed by atoms with Crippen LogP contribution in [-0.4, -0.2) is 18.4 Å². The lowest BCUT2D eigenvalue weighted by Gasteiger charge is -2.07.